The van der Waals surface area contributed by atoms with Crippen LogP contribution in [0.2, 0.25) is 0 Å². The molecule has 0 radical (unpaired) electrons. The highest BCUT2D eigenvalue weighted by molar-refractivity contribution is 7.99. The molecule has 0 atom stereocenters. The zero-order valence-corrected chi connectivity index (χ0v) is 12.9. The standard InChI is InChI=1S/C16H15F3N2OS/c17-16(18,19)11-23-14-9-5-4-8-13(14)20-10-15(22)21-12-6-2-1-3-7-12/h1-9,20H,10-11H2,(H,21,22). The minimum Gasteiger partial charge on any atom is -0.375 e. The molecule has 0 bridgehead atoms. The average Bonchev–Trinajstić information content (AvgIpc) is 2.52. The van der Waals surface area contributed by atoms with Crippen LogP contribution >= 0.6 is 11.8 Å². The summed E-state index contributed by atoms with van der Waals surface area (Å²) >= 11 is 0.690. The number of carbonyl (C=O) groups excluding carboxylic acids is 1. The molecule has 0 saturated heterocycles. The van der Waals surface area contributed by atoms with E-state index in [9.17, 15) is 18.0 Å². The van der Waals surface area contributed by atoms with E-state index in [1.54, 1.807) is 48.5 Å². The number of thioether (sulfide) groups is 1. The second-order valence-corrected chi connectivity index (χ2v) is 5.68. The molecule has 1 amide bonds. The summed E-state index contributed by atoms with van der Waals surface area (Å²) in [4.78, 5) is 12.3. The largest absolute Gasteiger partial charge is 0.398 e. The number of para-hydroxylation sites is 2. The Morgan fingerprint density at radius 2 is 1.65 bits per heavy atom. The molecule has 122 valence electrons. The van der Waals surface area contributed by atoms with Gasteiger partial charge in [-0.15, -0.1) is 11.8 Å². The van der Waals surface area contributed by atoms with Crippen LogP contribution in [-0.4, -0.2) is 24.4 Å². The van der Waals surface area contributed by atoms with E-state index in [2.05, 4.69) is 10.6 Å². The fourth-order valence-electron chi connectivity index (χ4n) is 1.80. The van der Waals surface area contributed by atoms with Gasteiger partial charge >= 0.3 is 6.18 Å². The molecule has 2 aromatic rings. The first-order valence-electron chi connectivity index (χ1n) is 6.81. The molecular formula is C16H15F3N2OS. The number of rotatable bonds is 6. The molecule has 2 N–H and O–H groups in total. The first-order chi connectivity index (χ1) is 10.9. The van der Waals surface area contributed by atoms with Crippen LogP contribution in [0.3, 0.4) is 0 Å². The predicted octanol–water partition coefficient (Wildman–Crippen LogP) is 4.39. The minimum absolute atomic E-state index is 0.0293. The van der Waals surface area contributed by atoms with Crippen molar-refractivity contribution < 1.29 is 18.0 Å². The van der Waals surface area contributed by atoms with E-state index in [1.165, 1.54) is 0 Å². The number of anilines is 2. The van der Waals surface area contributed by atoms with Crippen LogP contribution in [0.4, 0.5) is 24.5 Å². The van der Waals surface area contributed by atoms with Crippen molar-refractivity contribution in [2.75, 3.05) is 22.9 Å². The second kappa shape index (κ2) is 7.92. The highest BCUT2D eigenvalue weighted by Crippen LogP contribution is 2.31. The zero-order chi connectivity index (χ0) is 16.7. The minimum atomic E-state index is -4.23. The topological polar surface area (TPSA) is 41.1 Å². The Balaban J connectivity index is 1.91. The zero-order valence-electron chi connectivity index (χ0n) is 12.1. The van der Waals surface area contributed by atoms with Crippen LogP contribution in [0.1, 0.15) is 0 Å². The molecular weight excluding hydrogens is 325 g/mol. The monoisotopic (exact) mass is 340 g/mol. The van der Waals surface area contributed by atoms with Crippen molar-refractivity contribution >= 4 is 29.0 Å². The van der Waals surface area contributed by atoms with E-state index in [4.69, 9.17) is 0 Å². The van der Waals surface area contributed by atoms with Crippen molar-refractivity contribution in [3.05, 3.63) is 54.6 Å². The molecule has 7 heteroatoms. The number of alkyl halides is 3. The Kier molecular flexibility index (Phi) is 5.92. The van der Waals surface area contributed by atoms with Crippen molar-refractivity contribution in [1.82, 2.24) is 0 Å². The number of benzene rings is 2. The summed E-state index contributed by atoms with van der Waals surface area (Å²) < 4.78 is 37.0. The molecule has 0 aliphatic heterocycles. The lowest BCUT2D eigenvalue weighted by Gasteiger charge is -2.12. The summed E-state index contributed by atoms with van der Waals surface area (Å²) in [6, 6.07) is 15.5. The van der Waals surface area contributed by atoms with Gasteiger partial charge in [0, 0.05) is 16.3 Å². The number of hydrogen-bond acceptors (Lipinski definition) is 3. The van der Waals surface area contributed by atoms with Gasteiger partial charge in [0.25, 0.3) is 0 Å². The first-order valence-corrected chi connectivity index (χ1v) is 7.80. The summed E-state index contributed by atoms with van der Waals surface area (Å²) in [7, 11) is 0. The fourth-order valence-corrected chi connectivity index (χ4v) is 2.59. The van der Waals surface area contributed by atoms with Gasteiger partial charge < -0.3 is 10.6 Å². The normalized spacial score (nSPS) is 11.1. The predicted molar refractivity (Wildman–Crippen MR) is 86.8 cm³/mol. The summed E-state index contributed by atoms with van der Waals surface area (Å²) in [6.07, 6.45) is -4.23. The van der Waals surface area contributed by atoms with Crippen molar-refractivity contribution in [2.45, 2.75) is 11.1 Å². The van der Waals surface area contributed by atoms with Crippen LogP contribution < -0.4 is 10.6 Å². The average molecular weight is 340 g/mol. The number of amides is 1. The molecule has 0 fully saturated rings. The number of nitrogens with one attached hydrogen (secondary N) is 2. The van der Waals surface area contributed by atoms with Crippen LogP contribution in [0.5, 0.6) is 0 Å². The quantitative estimate of drug-likeness (QED) is 0.766. The molecule has 3 nitrogen and oxygen atoms in total. The molecule has 0 spiro atoms. The highest BCUT2D eigenvalue weighted by atomic mass is 32.2. The number of halogens is 3. The van der Waals surface area contributed by atoms with Gasteiger partial charge in [0.05, 0.1) is 12.3 Å². The van der Waals surface area contributed by atoms with E-state index < -0.39 is 11.9 Å². The maximum Gasteiger partial charge on any atom is 0.398 e. The van der Waals surface area contributed by atoms with Crippen molar-refractivity contribution in [3.63, 3.8) is 0 Å². The van der Waals surface area contributed by atoms with Gasteiger partial charge in [-0.1, -0.05) is 30.3 Å². The molecule has 0 unspecified atom stereocenters. The third-order valence-corrected chi connectivity index (χ3v) is 3.91. The third-order valence-electron chi connectivity index (χ3n) is 2.78. The Bertz CT molecular complexity index is 647. The summed E-state index contributed by atoms with van der Waals surface area (Å²) in [5, 5.41) is 5.57. The van der Waals surface area contributed by atoms with E-state index in [-0.39, 0.29) is 12.5 Å². The van der Waals surface area contributed by atoms with Gasteiger partial charge in [-0.25, -0.2) is 0 Å². The molecule has 0 heterocycles. The van der Waals surface area contributed by atoms with E-state index >= 15 is 0 Å². The number of hydrogen-bond donors (Lipinski definition) is 2. The number of carbonyl (C=O) groups is 1. The van der Waals surface area contributed by atoms with Crippen molar-refractivity contribution in [1.29, 1.82) is 0 Å². The lowest BCUT2D eigenvalue weighted by atomic mass is 10.3. The van der Waals surface area contributed by atoms with Crippen molar-refractivity contribution in [3.8, 4) is 0 Å². The molecule has 2 aromatic carbocycles. The molecule has 0 aliphatic rings. The SMILES string of the molecule is O=C(CNc1ccccc1SCC(F)(F)F)Nc1ccccc1. The van der Waals surface area contributed by atoms with E-state index in [1.807, 2.05) is 6.07 Å². The molecule has 0 aliphatic carbocycles. The van der Waals surface area contributed by atoms with Crippen LogP contribution in [0.25, 0.3) is 0 Å². The second-order valence-electron chi connectivity index (χ2n) is 4.67. The lowest BCUT2D eigenvalue weighted by Crippen LogP contribution is -2.22. The highest BCUT2D eigenvalue weighted by Gasteiger charge is 2.27. The van der Waals surface area contributed by atoms with E-state index in [0.717, 1.165) is 0 Å². The van der Waals surface area contributed by atoms with Gasteiger partial charge in [-0.2, -0.15) is 13.2 Å². The summed E-state index contributed by atoms with van der Waals surface area (Å²) in [5.41, 5.74) is 1.17. The maximum atomic E-state index is 12.3. The van der Waals surface area contributed by atoms with Crippen LogP contribution in [0.15, 0.2) is 59.5 Å². The van der Waals surface area contributed by atoms with Gasteiger partial charge in [0.15, 0.2) is 0 Å². The van der Waals surface area contributed by atoms with Crippen LogP contribution in [-0.2, 0) is 4.79 Å². The molecule has 0 aromatic heterocycles. The Labute approximate surface area is 136 Å². The van der Waals surface area contributed by atoms with Gasteiger partial charge in [-0.3, -0.25) is 4.79 Å². The Morgan fingerprint density at radius 3 is 2.35 bits per heavy atom. The molecule has 0 saturated carbocycles. The third kappa shape index (κ3) is 6.23. The molecule has 23 heavy (non-hydrogen) atoms. The first kappa shape index (κ1) is 17.2. The van der Waals surface area contributed by atoms with Gasteiger partial charge in [-0.05, 0) is 24.3 Å². The van der Waals surface area contributed by atoms with Gasteiger partial charge in [0.2, 0.25) is 5.91 Å². The maximum absolute atomic E-state index is 12.3. The Morgan fingerprint density at radius 1 is 1.00 bits per heavy atom. The fraction of sp³-hybridized carbons (Fsp3) is 0.188. The Hall–Kier alpha value is -2.15. The summed E-state index contributed by atoms with van der Waals surface area (Å²) in [6.45, 7) is -0.0293. The van der Waals surface area contributed by atoms with Gasteiger partial charge in [0.1, 0.15) is 0 Å². The van der Waals surface area contributed by atoms with Crippen LogP contribution in [0, 0.1) is 0 Å². The lowest BCUT2D eigenvalue weighted by molar-refractivity contribution is -0.114. The van der Waals surface area contributed by atoms with Crippen molar-refractivity contribution in [2.24, 2.45) is 0 Å². The molecule has 2 rings (SSSR count). The smallest absolute Gasteiger partial charge is 0.375 e. The summed E-state index contributed by atoms with van der Waals surface area (Å²) in [5.74, 6) is -1.24. The van der Waals surface area contributed by atoms with E-state index in [0.29, 0.717) is 28.0 Å².